The lowest BCUT2D eigenvalue weighted by molar-refractivity contribution is -0.122. The fourth-order valence-corrected chi connectivity index (χ4v) is 2.54. The lowest BCUT2D eigenvalue weighted by Crippen LogP contribution is -2.32. The number of nitrogens with zero attached hydrogens (tertiary/aromatic N) is 4. The number of alkyl halides is 1. The highest BCUT2D eigenvalue weighted by atomic mass is 35.5. The van der Waals surface area contributed by atoms with Gasteiger partial charge in [-0.25, -0.2) is 15.0 Å². The van der Waals surface area contributed by atoms with Crippen LogP contribution >= 0.6 is 11.6 Å². The van der Waals surface area contributed by atoms with E-state index in [0.29, 0.717) is 30.4 Å². The molecule has 0 bridgehead atoms. The van der Waals surface area contributed by atoms with Gasteiger partial charge in [-0.3, -0.25) is 9.69 Å². The number of amides is 1. The number of hydrogen-bond acceptors (Lipinski definition) is 5. The number of carbonyl (C=O) groups is 1. The number of phenolic OH excluding ortho intramolecular Hbond substituents is 1. The monoisotopic (exact) mass is 368 g/mol. The zero-order valence-corrected chi connectivity index (χ0v) is 14.7. The van der Waals surface area contributed by atoms with Crippen LogP contribution in [0.15, 0.2) is 59.8 Å². The number of aliphatic imine (C=N–C) groups is 1. The number of carbonyl (C=O) groups excluding carboxylic acids is 1. The molecule has 0 spiro atoms. The molecule has 3 rings (SSSR count). The molecule has 1 aliphatic rings. The molecule has 1 N–H and O–H groups in total. The van der Waals surface area contributed by atoms with Gasteiger partial charge in [0, 0.05) is 30.4 Å². The molecule has 0 aliphatic carbocycles. The van der Waals surface area contributed by atoms with Crippen molar-refractivity contribution in [2.24, 2.45) is 4.99 Å². The van der Waals surface area contributed by atoms with Crippen molar-refractivity contribution >= 4 is 35.5 Å². The number of aromatic nitrogens is 2. The lowest BCUT2D eigenvalue weighted by Gasteiger charge is -2.15. The minimum absolute atomic E-state index is 0.172. The van der Waals surface area contributed by atoms with Gasteiger partial charge in [0.25, 0.3) is 5.91 Å². The number of rotatable bonds is 6. The Kier molecular flexibility index (Phi) is 5.76. The minimum atomic E-state index is -0.174. The van der Waals surface area contributed by atoms with E-state index in [4.69, 9.17) is 11.6 Å². The molecule has 6 nitrogen and oxygen atoms in total. The van der Waals surface area contributed by atoms with Gasteiger partial charge in [-0.05, 0) is 42.3 Å². The Morgan fingerprint density at radius 3 is 2.50 bits per heavy atom. The first-order chi connectivity index (χ1) is 12.7. The number of aromatic hydroxyl groups is 1. The SMILES string of the molecule is O=C1/C(=C/c2ccc(O)cc2)N=C(/C=C/c2cncnc2)N1CCCCl. The Hall–Kier alpha value is -2.99. The van der Waals surface area contributed by atoms with E-state index in [1.54, 1.807) is 53.7 Å². The first-order valence-corrected chi connectivity index (χ1v) is 8.61. The zero-order valence-electron chi connectivity index (χ0n) is 13.9. The summed E-state index contributed by atoms with van der Waals surface area (Å²) in [4.78, 5) is 26.7. The standard InChI is InChI=1S/C19H17ClN4O2/c20-8-1-9-24-18(7-4-15-11-21-13-22-12-15)23-17(19(24)26)10-14-2-5-16(25)6-3-14/h2-7,10-13,25H,1,8-9H2/b7-4+,17-10-. The van der Waals surface area contributed by atoms with Gasteiger partial charge in [0.1, 0.15) is 23.6 Å². The summed E-state index contributed by atoms with van der Waals surface area (Å²) < 4.78 is 0. The normalized spacial score (nSPS) is 15.9. The van der Waals surface area contributed by atoms with E-state index in [9.17, 15) is 9.90 Å². The maximum absolute atomic E-state index is 12.7. The Balaban J connectivity index is 1.88. The van der Waals surface area contributed by atoms with E-state index in [1.807, 2.05) is 6.08 Å². The summed E-state index contributed by atoms with van der Waals surface area (Å²) in [5.41, 5.74) is 1.94. The average molecular weight is 369 g/mol. The summed E-state index contributed by atoms with van der Waals surface area (Å²) in [6, 6.07) is 6.58. The van der Waals surface area contributed by atoms with Gasteiger partial charge in [0.05, 0.1) is 0 Å². The predicted octanol–water partition coefficient (Wildman–Crippen LogP) is 3.11. The molecule has 0 saturated carbocycles. The summed E-state index contributed by atoms with van der Waals surface area (Å²) in [5, 5.41) is 9.37. The molecule has 1 aromatic heterocycles. The number of amidine groups is 1. The maximum atomic E-state index is 12.7. The van der Waals surface area contributed by atoms with Crippen LogP contribution in [0.2, 0.25) is 0 Å². The van der Waals surface area contributed by atoms with Gasteiger partial charge >= 0.3 is 0 Å². The van der Waals surface area contributed by atoms with Crippen molar-refractivity contribution in [1.82, 2.24) is 14.9 Å². The minimum Gasteiger partial charge on any atom is -0.508 e. The van der Waals surface area contributed by atoms with Crippen LogP contribution < -0.4 is 0 Å². The molecule has 1 aromatic carbocycles. The van der Waals surface area contributed by atoms with Crippen LogP contribution in [0.5, 0.6) is 5.75 Å². The van der Waals surface area contributed by atoms with E-state index in [2.05, 4.69) is 15.0 Å². The second-order valence-corrected chi connectivity index (χ2v) is 5.97. The fraction of sp³-hybridized carbons (Fsp3) is 0.158. The third-order valence-electron chi connectivity index (χ3n) is 3.69. The molecule has 2 heterocycles. The van der Waals surface area contributed by atoms with Gasteiger partial charge in [0.2, 0.25) is 0 Å². The Labute approximate surface area is 156 Å². The van der Waals surface area contributed by atoms with E-state index >= 15 is 0 Å². The highest BCUT2D eigenvalue weighted by Gasteiger charge is 2.28. The number of halogens is 1. The second-order valence-electron chi connectivity index (χ2n) is 5.60. The van der Waals surface area contributed by atoms with Crippen molar-refractivity contribution in [2.45, 2.75) is 6.42 Å². The van der Waals surface area contributed by atoms with Crippen molar-refractivity contribution in [2.75, 3.05) is 12.4 Å². The molecule has 7 heteroatoms. The summed E-state index contributed by atoms with van der Waals surface area (Å²) >= 11 is 5.78. The molecule has 0 radical (unpaired) electrons. The topological polar surface area (TPSA) is 78.7 Å². The summed E-state index contributed by atoms with van der Waals surface area (Å²) in [5.74, 6) is 1.01. The summed E-state index contributed by atoms with van der Waals surface area (Å²) in [6.45, 7) is 0.490. The molecular formula is C19H17ClN4O2. The van der Waals surface area contributed by atoms with Gasteiger partial charge in [0.15, 0.2) is 0 Å². The van der Waals surface area contributed by atoms with Crippen LogP contribution in [-0.2, 0) is 4.79 Å². The van der Waals surface area contributed by atoms with Gasteiger partial charge < -0.3 is 5.11 Å². The third-order valence-corrected chi connectivity index (χ3v) is 3.96. The van der Waals surface area contributed by atoms with Crippen LogP contribution in [0, 0.1) is 0 Å². The summed E-state index contributed by atoms with van der Waals surface area (Å²) in [6.07, 6.45) is 10.8. The van der Waals surface area contributed by atoms with Crippen LogP contribution in [0.1, 0.15) is 17.5 Å². The lowest BCUT2D eigenvalue weighted by atomic mass is 10.2. The van der Waals surface area contributed by atoms with Gasteiger partial charge in [-0.15, -0.1) is 11.6 Å². The fourth-order valence-electron chi connectivity index (χ4n) is 2.42. The number of hydrogen-bond donors (Lipinski definition) is 1. The van der Waals surface area contributed by atoms with E-state index < -0.39 is 0 Å². The third kappa shape index (κ3) is 4.34. The molecule has 2 aromatic rings. The molecule has 0 fully saturated rings. The largest absolute Gasteiger partial charge is 0.508 e. The Bertz CT molecular complexity index is 861. The molecule has 1 amide bonds. The van der Waals surface area contributed by atoms with Crippen molar-refractivity contribution in [3.63, 3.8) is 0 Å². The second kappa shape index (κ2) is 8.40. The molecular weight excluding hydrogens is 352 g/mol. The van der Waals surface area contributed by atoms with Crippen molar-refractivity contribution in [1.29, 1.82) is 0 Å². The van der Waals surface area contributed by atoms with E-state index in [-0.39, 0.29) is 11.7 Å². The number of phenols is 1. The first kappa shape index (κ1) is 17.8. The van der Waals surface area contributed by atoms with Gasteiger partial charge in [-0.2, -0.15) is 0 Å². The van der Waals surface area contributed by atoms with E-state index in [1.165, 1.54) is 6.33 Å². The van der Waals surface area contributed by atoms with Crippen molar-refractivity contribution in [3.05, 3.63) is 65.9 Å². The van der Waals surface area contributed by atoms with Crippen molar-refractivity contribution in [3.8, 4) is 5.75 Å². The van der Waals surface area contributed by atoms with Crippen LogP contribution in [0.3, 0.4) is 0 Å². The molecule has 132 valence electrons. The van der Waals surface area contributed by atoms with Crippen LogP contribution in [0.25, 0.3) is 12.2 Å². The zero-order chi connectivity index (χ0) is 18.4. The van der Waals surface area contributed by atoms with E-state index in [0.717, 1.165) is 11.1 Å². The number of benzene rings is 1. The highest BCUT2D eigenvalue weighted by molar-refractivity contribution is 6.19. The molecule has 0 atom stereocenters. The predicted molar refractivity (Wildman–Crippen MR) is 102 cm³/mol. The Morgan fingerprint density at radius 2 is 1.81 bits per heavy atom. The maximum Gasteiger partial charge on any atom is 0.278 e. The molecule has 26 heavy (non-hydrogen) atoms. The smallest absolute Gasteiger partial charge is 0.278 e. The first-order valence-electron chi connectivity index (χ1n) is 8.08. The quantitative estimate of drug-likeness (QED) is 0.627. The average Bonchev–Trinajstić information content (AvgIpc) is 2.96. The molecule has 1 aliphatic heterocycles. The van der Waals surface area contributed by atoms with Crippen LogP contribution in [-0.4, -0.2) is 44.1 Å². The highest BCUT2D eigenvalue weighted by Crippen LogP contribution is 2.21. The molecule has 0 unspecified atom stereocenters. The molecule has 0 saturated heterocycles. The van der Waals surface area contributed by atoms with Crippen LogP contribution in [0.4, 0.5) is 0 Å². The van der Waals surface area contributed by atoms with Crippen molar-refractivity contribution < 1.29 is 9.90 Å². The van der Waals surface area contributed by atoms with Gasteiger partial charge in [-0.1, -0.05) is 12.1 Å². The Morgan fingerprint density at radius 1 is 1.08 bits per heavy atom. The summed E-state index contributed by atoms with van der Waals surface area (Å²) in [7, 11) is 0.